The lowest BCUT2D eigenvalue weighted by Gasteiger charge is -2.37. The Morgan fingerprint density at radius 1 is 0.886 bits per heavy atom. The van der Waals surface area contributed by atoms with E-state index < -0.39 is 0 Å². The summed E-state index contributed by atoms with van der Waals surface area (Å²) in [6.45, 7) is 1.98. The summed E-state index contributed by atoms with van der Waals surface area (Å²) in [6, 6.07) is 13.4. The second-order valence-electron chi connectivity index (χ2n) is 9.04. The summed E-state index contributed by atoms with van der Waals surface area (Å²) in [5.41, 5.74) is 6.75. The number of hydrogen-bond donors (Lipinski definition) is 1. The molecule has 0 spiro atoms. The predicted octanol–water partition coefficient (Wildman–Crippen LogP) is 3.90. The molecule has 35 heavy (non-hydrogen) atoms. The van der Waals surface area contributed by atoms with E-state index in [1.165, 1.54) is 5.01 Å². The van der Waals surface area contributed by atoms with Crippen LogP contribution in [0.1, 0.15) is 37.3 Å². The molecule has 3 aliphatic rings. The van der Waals surface area contributed by atoms with E-state index in [0.29, 0.717) is 30.0 Å². The molecule has 3 atom stereocenters. The van der Waals surface area contributed by atoms with Crippen molar-refractivity contribution in [3.8, 4) is 11.5 Å². The zero-order valence-corrected chi connectivity index (χ0v) is 20.0. The number of rotatable bonds is 5. The Bertz CT molecular complexity index is 1250. The van der Waals surface area contributed by atoms with Gasteiger partial charge >= 0.3 is 0 Å². The average Bonchev–Trinajstić information content (AvgIpc) is 2.89. The molecule has 0 saturated carbocycles. The fraction of sp³-hybridized carbons (Fsp3) is 0.333. The molecule has 2 amide bonds. The number of nitrogens with one attached hydrogen (secondary N) is 1. The van der Waals surface area contributed by atoms with E-state index >= 15 is 0 Å². The molecule has 0 saturated heterocycles. The average molecular weight is 473 g/mol. The van der Waals surface area contributed by atoms with E-state index in [-0.39, 0.29) is 29.6 Å². The number of carbonyl (C=O) groups is 2. The number of anilines is 1. The molecule has 8 heteroatoms. The van der Waals surface area contributed by atoms with Gasteiger partial charge in [0, 0.05) is 23.8 Å². The Hall–Kier alpha value is -3.94. The lowest BCUT2D eigenvalue weighted by Crippen LogP contribution is -2.45. The molecule has 1 N–H and O–H groups in total. The van der Waals surface area contributed by atoms with E-state index in [0.717, 1.165) is 29.0 Å². The van der Waals surface area contributed by atoms with Gasteiger partial charge in [-0.15, -0.1) is 0 Å². The second kappa shape index (κ2) is 9.37. The summed E-state index contributed by atoms with van der Waals surface area (Å²) < 4.78 is 10.9. The third kappa shape index (κ3) is 4.20. The minimum absolute atomic E-state index is 0.00202. The maximum Gasteiger partial charge on any atom is 0.251 e. The first kappa shape index (κ1) is 22.8. The Kier molecular flexibility index (Phi) is 6.11. The SMILES string of the molecule is COc1ccc(C2=NN(c3ccc(C4=NNC(=O)CC4C)cc3)C(=O)[C@@H]3CC=CC[C@H]23)cc1OC. The van der Waals surface area contributed by atoms with E-state index in [1.54, 1.807) is 14.2 Å². The van der Waals surface area contributed by atoms with Gasteiger partial charge in [-0.1, -0.05) is 31.2 Å². The highest BCUT2D eigenvalue weighted by Crippen LogP contribution is 2.38. The van der Waals surface area contributed by atoms with Crippen LogP contribution in [0.5, 0.6) is 11.5 Å². The number of allylic oxidation sites excluding steroid dienone is 2. The first-order valence-corrected chi connectivity index (χ1v) is 11.8. The van der Waals surface area contributed by atoms with E-state index in [2.05, 4.69) is 22.7 Å². The molecular weight excluding hydrogens is 444 g/mol. The summed E-state index contributed by atoms with van der Waals surface area (Å²) in [7, 11) is 3.21. The summed E-state index contributed by atoms with van der Waals surface area (Å²) in [5, 5.41) is 10.6. The maximum absolute atomic E-state index is 13.5. The number of hydrogen-bond acceptors (Lipinski definition) is 6. The van der Waals surface area contributed by atoms with Crippen molar-refractivity contribution >= 4 is 28.9 Å². The number of amides is 2. The van der Waals surface area contributed by atoms with Gasteiger partial charge in [0.15, 0.2) is 11.5 Å². The summed E-state index contributed by atoms with van der Waals surface area (Å²) in [5.74, 6) is 1.03. The smallest absolute Gasteiger partial charge is 0.251 e. The van der Waals surface area contributed by atoms with Crippen LogP contribution >= 0.6 is 0 Å². The van der Waals surface area contributed by atoms with Gasteiger partial charge in [-0.05, 0) is 48.7 Å². The lowest BCUT2D eigenvalue weighted by molar-refractivity contribution is -0.124. The summed E-state index contributed by atoms with van der Waals surface area (Å²) in [6.07, 6.45) is 6.05. The molecule has 1 unspecified atom stereocenters. The van der Waals surface area contributed by atoms with Crippen LogP contribution in [-0.4, -0.2) is 37.5 Å². The molecule has 0 aromatic heterocycles. The lowest BCUT2D eigenvalue weighted by atomic mass is 9.76. The fourth-order valence-corrected chi connectivity index (χ4v) is 5.01. The zero-order valence-electron chi connectivity index (χ0n) is 20.0. The standard InChI is InChI=1S/C27H28N4O4/c1-16-14-24(32)28-29-25(16)17-8-11-19(12-9-17)31-27(33)21-7-5-4-6-20(21)26(30-31)18-10-13-22(34-2)23(15-18)35-3/h4-5,8-13,15-16,20-21H,6-7,14H2,1-3H3,(H,28,32)/t16?,20-,21+/m0/s1. The number of hydrazone groups is 2. The Labute approximate surface area is 204 Å². The van der Waals surface area contributed by atoms with Gasteiger partial charge in [-0.2, -0.15) is 10.2 Å². The molecule has 2 heterocycles. The number of benzene rings is 2. The Morgan fingerprint density at radius 3 is 2.26 bits per heavy atom. The molecular formula is C27H28N4O4. The van der Waals surface area contributed by atoms with Crippen LogP contribution < -0.4 is 19.9 Å². The third-order valence-corrected chi connectivity index (χ3v) is 6.86. The van der Waals surface area contributed by atoms with Crippen LogP contribution in [0.25, 0.3) is 0 Å². The first-order valence-electron chi connectivity index (χ1n) is 11.8. The van der Waals surface area contributed by atoms with Crippen LogP contribution in [-0.2, 0) is 9.59 Å². The number of ether oxygens (including phenoxy) is 2. The van der Waals surface area contributed by atoms with E-state index in [4.69, 9.17) is 14.6 Å². The number of carbonyl (C=O) groups excluding carboxylic acids is 2. The zero-order chi connectivity index (χ0) is 24.5. The van der Waals surface area contributed by atoms with Crippen LogP contribution in [0.3, 0.4) is 0 Å². The molecule has 5 rings (SSSR count). The van der Waals surface area contributed by atoms with Gasteiger partial charge in [0.1, 0.15) is 0 Å². The molecule has 180 valence electrons. The van der Waals surface area contributed by atoms with Gasteiger partial charge in [-0.3, -0.25) is 9.59 Å². The van der Waals surface area contributed by atoms with Crippen LogP contribution in [0.15, 0.2) is 64.8 Å². The molecule has 2 aromatic carbocycles. The second-order valence-corrected chi connectivity index (χ2v) is 9.04. The third-order valence-electron chi connectivity index (χ3n) is 6.86. The summed E-state index contributed by atoms with van der Waals surface area (Å²) >= 11 is 0. The van der Waals surface area contributed by atoms with Gasteiger partial charge < -0.3 is 9.47 Å². The van der Waals surface area contributed by atoms with Crippen molar-refractivity contribution < 1.29 is 19.1 Å². The largest absolute Gasteiger partial charge is 0.493 e. The van der Waals surface area contributed by atoms with Gasteiger partial charge in [0.05, 0.1) is 37.2 Å². The van der Waals surface area contributed by atoms with Gasteiger partial charge in [0.2, 0.25) is 5.91 Å². The molecule has 0 fully saturated rings. The highest BCUT2D eigenvalue weighted by Gasteiger charge is 2.40. The fourth-order valence-electron chi connectivity index (χ4n) is 5.01. The molecule has 2 aromatic rings. The van der Waals surface area contributed by atoms with Crippen molar-refractivity contribution in [1.29, 1.82) is 0 Å². The van der Waals surface area contributed by atoms with Crippen LogP contribution in [0, 0.1) is 17.8 Å². The minimum Gasteiger partial charge on any atom is -0.493 e. The molecule has 0 radical (unpaired) electrons. The van der Waals surface area contributed by atoms with Crippen LogP contribution in [0.4, 0.5) is 5.69 Å². The quantitative estimate of drug-likeness (QED) is 0.668. The van der Waals surface area contributed by atoms with Crippen molar-refractivity contribution in [2.75, 3.05) is 19.2 Å². The van der Waals surface area contributed by atoms with Gasteiger partial charge in [0.25, 0.3) is 5.91 Å². The normalized spacial score (nSPS) is 23.7. The Balaban J connectivity index is 1.52. The van der Waals surface area contributed by atoms with E-state index in [9.17, 15) is 9.59 Å². The molecule has 8 nitrogen and oxygen atoms in total. The van der Waals surface area contributed by atoms with Crippen molar-refractivity contribution in [3.63, 3.8) is 0 Å². The highest BCUT2D eigenvalue weighted by atomic mass is 16.5. The number of fused-ring (bicyclic) bond motifs is 1. The van der Waals surface area contributed by atoms with Crippen molar-refractivity contribution in [2.24, 2.45) is 28.0 Å². The highest BCUT2D eigenvalue weighted by molar-refractivity contribution is 6.12. The monoisotopic (exact) mass is 472 g/mol. The predicted molar refractivity (Wildman–Crippen MR) is 134 cm³/mol. The number of nitrogens with zero attached hydrogens (tertiary/aromatic N) is 3. The minimum atomic E-state index is -0.182. The topological polar surface area (TPSA) is 92.6 Å². The van der Waals surface area contributed by atoms with Crippen molar-refractivity contribution in [2.45, 2.75) is 26.2 Å². The summed E-state index contributed by atoms with van der Waals surface area (Å²) in [4.78, 5) is 25.1. The first-order chi connectivity index (χ1) is 17.0. The van der Waals surface area contributed by atoms with Crippen LogP contribution in [0.2, 0.25) is 0 Å². The molecule has 0 bridgehead atoms. The maximum atomic E-state index is 13.5. The van der Waals surface area contributed by atoms with E-state index in [1.807, 2.05) is 49.4 Å². The van der Waals surface area contributed by atoms with Gasteiger partial charge in [-0.25, -0.2) is 10.4 Å². The Morgan fingerprint density at radius 2 is 1.57 bits per heavy atom. The number of methoxy groups -OCH3 is 2. The molecule has 2 aliphatic heterocycles. The molecule has 1 aliphatic carbocycles. The van der Waals surface area contributed by atoms with Crippen molar-refractivity contribution in [1.82, 2.24) is 5.43 Å². The van der Waals surface area contributed by atoms with Crippen molar-refractivity contribution in [3.05, 3.63) is 65.7 Å².